The first-order valence-electron chi connectivity index (χ1n) is 12.3. The number of nitrogens with one attached hydrogen (secondary N) is 2. The van der Waals surface area contributed by atoms with E-state index in [0.717, 1.165) is 30.4 Å². The van der Waals surface area contributed by atoms with Crippen LogP contribution in [0.1, 0.15) is 39.8 Å². The number of furan rings is 1. The molecule has 0 atom stereocenters. The van der Waals surface area contributed by atoms with E-state index in [9.17, 15) is 9.59 Å². The van der Waals surface area contributed by atoms with Crippen LogP contribution in [0.2, 0.25) is 0 Å². The zero-order valence-electron chi connectivity index (χ0n) is 20.8. The molecule has 4 rings (SSSR count). The average molecular weight is 502 g/mol. The third kappa shape index (κ3) is 6.89. The van der Waals surface area contributed by atoms with Crippen LogP contribution in [0.15, 0.2) is 77.2 Å². The molecule has 8 heteroatoms. The molecular weight excluding hydrogens is 470 g/mol. The summed E-state index contributed by atoms with van der Waals surface area (Å²) in [6.07, 6.45) is 1.70. The molecule has 0 saturated heterocycles. The number of amides is 2. The number of benzene rings is 3. The van der Waals surface area contributed by atoms with Crippen molar-refractivity contribution in [2.24, 2.45) is 0 Å². The molecule has 0 unspecified atom stereocenters. The van der Waals surface area contributed by atoms with Crippen molar-refractivity contribution >= 4 is 34.2 Å². The monoisotopic (exact) mass is 501 g/mol. The fourth-order valence-electron chi connectivity index (χ4n) is 3.79. The molecule has 2 amide bonds. The van der Waals surface area contributed by atoms with Gasteiger partial charge >= 0.3 is 0 Å². The maximum absolute atomic E-state index is 12.6. The quantitative estimate of drug-likeness (QED) is 0.185. The van der Waals surface area contributed by atoms with Crippen LogP contribution in [0.25, 0.3) is 11.0 Å². The minimum absolute atomic E-state index is 0.256. The second kappa shape index (κ2) is 12.6. The van der Waals surface area contributed by atoms with Crippen LogP contribution >= 0.6 is 0 Å². The van der Waals surface area contributed by atoms with E-state index in [1.165, 1.54) is 0 Å². The number of carbonyl (C=O) groups excluding carboxylic acids is 2. The van der Waals surface area contributed by atoms with Gasteiger partial charge in [-0.15, -0.1) is 0 Å². The number of hydrogen-bond donors (Lipinski definition) is 3. The molecule has 37 heavy (non-hydrogen) atoms. The van der Waals surface area contributed by atoms with Crippen LogP contribution in [0.3, 0.4) is 0 Å². The van der Waals surface area contributed by atoms with Crippen molar-refractivity contribution in [1.29, 1.82) is 0 Å². The molecule has 1 heterocycles. The summed E-state index contributed by atoms with van der Waals surface area (Å²) in [7, 11) is 0. The molecule has 0 saturated carbocycles. The van der Waals surface area contributed by atoms with Gasteiger partial charge in [0.15, 0.2) is 5.76 Å². The van der Waals surface area contributed by atoms with Gasteiger partial charge in [-0.2, -0.15) is 0 Å². The standard InChI is InChI=1S/C29H31N3O5/c1-2-16-35-17-14-20-6-5-7-22-19-26(37-27(20)22)29(34)31-15-18-36-23-12-10-21(11-13-23)28(33)32-25-9-4-3-8-24(25)30/h3-13,19H,2,14-18,30H2,1H3,(H,31,34)(H,32,33). The van der Waals surface area contributed by atoms with Crippen molar-refractivity contribution in [1.82, 2.24) is 5.32 Å². The second-order valence-corrected chi connectivity index (χ2v) is 8.48. The predicted molar refractivity (Wildman–Crippen MR) is 144 cm³/mol. The molecule has 4 N–H and O–H groups in total. The van der Waals surface area contributed by atoms with Crippen LogP contribution < -0.4 is 21.1 Å². The Hall–Kier alpha value is -4.30. The lowest BCUT2D eigenvalue weighted by Gasteiger charge is -2.09. The maximum atomic E-state index is 12.6. The van der Waals surface area contributed by atoms with Gasteiger partial charge in [0.25, 0.3) is 11.8 Å². The molecule has 4 aromatic rings. The van der Waals surface area contributed by atoms with E-state index in [1.54, 1.807) is 54.6 Å². The third-order valence-corrected chi connectivity index (χ3v) is 5.70. The Bertz CT molecular complexity index is 1350. The fourth-order valence-corrected chi connectivity index (χ4v) is 3.79. The summed E-state index contributed by atoms with van der Waals surface area (Å²) < 4.78 is 17.1. The molecule has 0 spiro atoms. The summed E-state index contributed by atoms with van der Waals surface area (Å²) in [5.74, 6) is 0.273. The lowest BCUT2D eigenvalue weighted by atomic mass is 10.1. The SMILES string of the molecule is CCCOCCc1cccc2cc(C(=O)NCCOc3ccc(C(=O)Nc4ccccc4N)cc3)oc12. The number of anilines is 2. The Morgan fingerprint density at radius 3 is 2.51 bits per heavy atom. The number of nitrogens with two attached hydrogens (primary N) is 1. The number of hydrogen-bond acceptors (Lipinski definition) is 6. The van der Waals surface area contributed by atoms with E-state index in [1.807, 2.05) is 18.2 Å². The average Bonchev–Trinajstić information content (AvgIpc) is 3.36. The molecule has 0 aliphatic heterocycles. The molecule has 0 fully saturated rings. The van der Waals surface area contributed by atoms with Crippen molar-refractivity contribution in [3.8, 4) is 5.75 Å². The summed E-state index contributed by atoms with van der Waals surface area (Å²) in [6, 6.07) is 21.4. The number of fused-ring (bicyclic) bond motifs is 1. The van der Waals surface area contributed by atoms with Gasteiger partial charge in [0.2, 0.25) is 0 Å². The molecule has 0 aliphatic carbocycles. The Morgan fingerprint density at radius 2 is 1.73 bits per heavy atom. The molecule has 3 aromatic carbocycles. The molecule has 0 bridgehead atoms. The van der Waals surface area contributed by atoms with Gasteiger partial charge in [0, 0.05) is 17.6 Å². The third-order valence-electron chi connectivity index (χ3n) is 5.70. The summed E-state index contributed by atoms with van der Waals surface area (Å²) in [5.41, 5.74) is 9.14. The summed E-state index contributed by atoms with van der Waals surface area (Å²) >= 11 is 0. The first kappa shape index (κ1) is 25.8. The Labute approximate surface area is 215 Å². The van der Waals surface area contributed by atoms with Crippen LogP contribution in [-0.4, -0.2) is 38.2 Å². The zero-order chi connectivity index (χ0) is 26.0. The molecule has 1 aromatic heterocycles. The highest BCUT2D eigenvalue weighted by Gasteiger charge is 2.14. The fraction of sp³-hybridized carbons (Fsp3) is 0.241. The highest BCUT2D eigenvalue weighted by atomic mass is 16.5. The molecular formula is C29H31N3O5. The lowest BCUT2D eigenvalue weighted by molar-refractivity contribution is 0.0920. The Kier molecular flexibility index (Phi) is 8.78. The van der Waals surface area contributed by atoms with Gasteiger partial charge in [-0.05, 0) is 60.9 Å². The highest BCUT2D eigenvalue weighted by Crippen LogP contribution is 2.24. The van der Waals surface area contributed by atoms with E-state index >= 15 is 0 Å². The van der Waals surface area contributed by atoms with E-state index in [4.69, 9.17) is 19.6 Å². The molecule has 0 aliphatic rings. The summed E-state index contributed by atoms with van der Waals surface area (Å²) in [4.78, 5) is 25.0. The number of carbonyl (C=O) groups is 2. The van der Waals surface area contributed by atoms with Crippen LogP contribution in [0.5, 0.6) is 5.75 Å². The smallest absolute Gasteiger partial charge is 0.287 e. The van der Waals surface area contributed by atoms with Crippen LogP contribution in [0.4, 0.5) is 11.4 Å². The first-order chi connectivity index (χ1) is 18.0. The van der Waals surface area contributed by atoms with Crippen molar-refractivity contribution < 1.29 is 23.5 Å². The van der Waals surface area contributed by atoms with Crippen LogP contribution in [-0.2, 0) is 11.2 Å². The summed E-state index contributed by atoms with van der Waals surface area (Å²) in [6.45, 7) is 3.97. The molecule has 0 radical (unpaired) electrons. The van der Waals surface area contributed by atoms with Crippen molar-refractivity contribution in [3.05, 3.63) is 89.7 Å². The van der Waals surface area contributed by atoms with Gasteiger partial charge in [0.05, 0.1) is 24.5 Å². The van der Waals surface area contributed by atoms with Crippen molar-refractivity contribution in [3.63, 3.8) is 0 Å². The number of para-hydroxylation sites is 3. The molecule has 8 nitrogen and oxygen atoms in total. The van der Waals surface area contributed by atoms with Gasteiger partial charge in [-0.25, -0.2) is 0 Å². The minimum atomic E-state index is -0.305. The van der Waals surface area contributed by atoms with Gasteiger partial charge in [-0.1, -0.05) is 37.3 Å². The molecule has 192 valence electrons. The Balaban J connectivity index is 1.25. The largest absolute Gasteiger partial charge is 0.492 e. The van der Waals surface area contributed by atoms with E-state index in [0.29, 0.717) is 41.4 Å². The van der Waals surface area contributed by atoms with Gasteiger partial charge in [-0.3, -0.25) is 9.59 Å². The van der Waals surface area contributed by atoms with E-state index < -0.39 is 0 Å². The van der Waals surface area contributed by atoms with E-state index in [-0.39, 0.29) is 24.2 Å². The Morgan fingerprint density at radius 1 is 0.919 bits per heavy atom. The normalized spacial score (nSPS) is 10.8. The lowest BCUT2D eigenvalue weighted by Crippen LogP contribution is -2.27. The van der Waals surface area contributed by atoms with Gasteiger partial charge < -0.3 is 30.3 Å². The highest BCUT2D eigenvalue weighted by molar-refractivity contribution is 6.05. The van der Waals surface area contributed by atoms with Crippen LogP contribution in [0, 0.1) is 0 Å². The first-order valence-corrected chi connectivity index (χ1v) is 12.3. The van der Waals surface area contributed by atoms with Gasteiger partial charge in [0.1, 0.15) is 17.9 Å². The topological polar surface area (TPSA) is 116 Å². The van der Waals surface area contributed by atoms with Crippen molar-refractivity contribution in [2.45, 2.75) is 19.8 Å². The predicted octanol–water partition coefficient (Wildman–Crippen LogP) is 5.05. The maximum Gasteiger partial charge on any atom is 0.287 e. The summed E-state index contributed by atoms with van der Waals surface area (Å²) in [5, 5.41) is 6.48. The zero-order valence-corrected chi connectivity index (χ0v) is 20.8. The number of ether oxygens (including phenoxy) is 2. The number of nitrogen functional groups attached to an aromatic ring is 1. The number of rotatable bonds is 12. The van der Waals surface area contributed by atoms with Crippen molar-refractivity contribution in [2.75, 3.05) is 37.4 Å². The minimum Gasteiger partial charge on any atom is -0.492 e. The second-order valence-electron chi connectivity index (χ2n) is 8.48. The van der Waals surface area contributed by atoms with E-state index in [2.05, 4.69) is 17.6 Å².